The molecule has 2 atom stereocenters. The van der Waals surface area contributed by atoms with Gasteiger partial charge in [0.15, 0.2) is 0 Å². The van der Waals surface area contributed by atoms with Crippen LogP contribution in [0.15, 0.2) is 42.6 Å². The molecule has 1 aromatic heterocycles. The van der Waals surface area contributed by atoms with E-state index in [2.05, 4.69) is 4.98 Å². The van der Waals surface area contributed by atoms with E-state index in [1.165, 1.54) is 29.3 Å². The molecule has 25 heavy (non-hydrogen) atoms. The summed E-state index contributed by atoms with van der Waals surface area (Å²) in [7, 11) is 0. The smallest absolute Gasteiger partial charge is 0.391 e. The molecule has 0 aliphatic carbocycles. The Hall–Kier alpha value is -2.41. The lowest BCUT2D eigenvalue weighted by molar-refractivity contribution is -0.138. The Morgan fingerprint density at radius 2 is 1.96 bits per heavy atom. The summed E-state index contributed by atoms with van der Waals surface area (Å²) < 4.78 is 40.0. The molecule has 0 spiro atoms. The molecule has 4 nitrogen and oxygen atoms in total. The van der Waals surface area contributed by atoms with Gasteiger partial charge in [-0.15, -0.1) is 0 Å². The first kappa shape index (κ1) is 17.4. The highest BCUT2D eigenvalue weighted by Crippen LogP contribution is 2.40. The highest BCUT2D eigenvalue weighted by Gasteiger charge is 2.41. The maximum atomic E-state index is 13.3. The van der Waals surface area contributed by atoms with Crippen molar-refractivity contribution in [2.75, 3.05) is 6.54 Å². The molecule has 7 heteroatoms. The van der Waals surface area contributed by atoms with Gasteiger partial charge in [-0.05, 0) is 37.1 Å². The van der Waals surface area contributed by atoms with Gasteiger partial charge in [-0.1, -0.05) is 18.2 Å². The van der Waals surface area contributed by atoms with E-state index >= 15 is 0 Å². The lowest BCUT2D eigenvalue weighted by Crippen LogP contribution is -2.32. The summed E-state index contributed by atoms with van der Waals surface area (Å²) in [6.45, 7) is 1.76. The third-order valence-corrected chi connectivity index (χ3v) is 4.32. The number of alkyl halides is 3. The lowest BCUT2D eigenvalue weighted by Gasteiger charge is -2.27. The van der Waals surface area contributed by atoms with Crippen LogP contribution >= 0.6 is 0 Å². The molecule has 1 aliphatic rings. The zero-order valence-electron chi connectivity index (χ0n) is 13.5. The second-order valence-corrected chi connectivity index (χ2v) is 6.14. The molecule has 1 aromatic carbocycles. The zero-order valence-corrected chi connectivity index (χ0v) is 13.5. The first-order chi connectivity index (χ1) is 11.8. The van der Waals surface area contributed by atoms with Gasteiger partial charge in [-0.25, -0.2) is 0 Å². The summed E-state index contributed by atoms with van der Waals surface area (Å²) in [4.78, 5) is 18.1. The van der Waals surface area contributed by atoms with Crippen molar-refractivity contribution in [3.05, 3.63) is 65.0 Å². The molecule has 2 aromatic rings. The standard InChI is InChI=1S/C18H17F3N2O2/c1-11-6-7-12(9-22-11)17(25)23-10-13(24)8-16(23)14-4-2-3-5-15(14)18(19,20)21/h2-7,9,13,16,24H,8,10H2,1H3/t13-,16-/m1/s1. The summed E-state index contributed by atoms with van der Waals surface area (Å²) >= 11 is 0. The van der Waals surface area contributed by atoms with Crippen LogP contribution in [0.25, 0.3) is 0 Å². The Balaban J connectivity index is 1.98. The second-order valence-electron chi connectivity index (χ2n) is 6.14. The summed E-state index contributed by atoms with van der Waals surface area (Å²) in [5.74, 6) is -0.439. The number of benzene rings is 1. The number of halogens is 3. The van der Waals surface area contributed by atoms with Gasteiger partial charge in [0.05, 0.1) is 23.3 Å². The maximum Gasteiger partial charge on any atom is 0.416 e. The molecule has 0 saturated carbocycles. The van der Waals surface area contributed by atoms with Crippen molar-refractivity contribution in [1.82, 2.24) is 9.88 Å². The number of carbonyl (C=O) groups is 1. The predicted molar refractivity (Wildman–Crippen MR) is 84.8 cm³/mol. The van der Waals surface area contributed by atoms with E-state index in [4.69, 9.17) is 0 Å². The van der Waals surface area contributed by atoms with Crippen molar-refractivity contribution in [1.29, 1.82) is 0 Å². The molecule has 2 heterocycles. The number of hydrogen-bond donors (Lipinski definition) is 1. The van der Waals surface area contributed by atoms with Crippen LogP contribution in [0.3, 0.4) is 0 Å². The molecule has 132 valence electrons. The van der Waals surface area contributed by atoms with Crippen molar-refractivity contribution in [3.8, 4) is 0 Å². The topological polar surface area (TPSA) is 53.4 Å². The van der Waals surface area contributed by atoms with Crippen LogP contribution in [-0.4, -0.2) is 33.5 Å². The first-order valence-corrected chi connectivity index (χ1v) is 7.85. The minimum Gasteiger partial charge on any atom is -0.391 e. The van der Waals surface area contributed by atoms with Gasteiger partial charge in [0, 0.05) is 18.4 Å². The van der Waals surface area contributed by atoms with Gasteiger partial charge in [0.2, 0.25) is 0 Å². The third-order valence-electron chi connectivity index (χ3n) is 4.32. The average molecular weight is 350 g/mol. The number of aromatic nitrogens is 1. The van der Waals surface area contributed by atoms with Gasteiger partial charge >= 0.3 is 6.18 Å². The van der Waals surface area contributed by atoms with Crippen molar-refractivity contribution in [2.45, 2.75) is 31.7 Å². The molecule has 1 saturated heterocycles. The van der Waals surface area contributed by atoms with Gasteiger partial charge < -0.3 is 10.0 Å². The number of likely N-dealkylation sites (tertiary alicyclic amines) is 1. The van der Waals surface area contributed by atoms with Gasteiger partial charge in [0.1, 0.15) is 0 Å². The number of aliphatic hydroxyl groups is 1. The predicted octanol–water partition coefficient (Wildman–Crippen LogP) is 3.36. The van der Waals surface area contributed by atoms with E-state index in [1.807, 2.05) is 0 Å². The van der Waals surface area contributed by atoms with Crippen LogP contribution in [0.1, 0.15) is 39.6 Å². The van der Waals surface area contributed by atoms with Crippen molar-refractivity contribution in [2.24, 2.45) is 0 Å². The summed E-state index contributed by atoms with van der Waals surface area (Å²) in [6.07, 6.45) is -3.93. The zero-order chi connectivity index (χ0) is 18.2. The van der Waals surface area contributed by atoms with Crippen LogP contribution in [0.4, 0.5) is 13.2 Å². The Bertz CT molecular complexity index is 775. The van der Waals surface area contributed by atoms with Crippen molar-refractivity contribution < 1.29 is 23.1 Å². The highest BCUT2D eigenvalue weighted by atomic mass is 19.4. The molecule has 1 N–H and O–H groups in total. The van der Waals surface area contributed by atoms with Crippen LogP contribution in [0.2, 0.25) is 0 Å². The number of aryl methyl sites for hydroxylation is 1. The Morgan fingerprint density at radius 1 is 1.24 bits per heavy atom. The molecule has 1 amide bonds. The summed E-state index contributed by atoms with van der Waals surface area (Å²) in [5, 5.41) is 9.97. The highest BCUT2D eigenvalue weighted by molar-refractivity contribution is 5.94. The normalized spacial score (nSPS) is 20.8. The number of amides is 1. The molecule has 0 radical (unpaired) electrons. The monoisotopic (exact) mass is 350 g/mol. The minimum absolute atomic E-state index is 0.0000270. The molecule has 3 rings (SSSR count). The first-order valence-electron chi connectivity index (χ1n) is 7.85. The number of β-amino-alcohol motifs (C(OH)–C–C–N with tert-alkyl or cyclic N) is 1. The quantitative estimate of drug-likeness (QED) is 0.904. The van der Waals surface area contributed by atoms with Crippen molar-refractivity contribution >= 4 is 5.91 Å². The van der Waals surface area contributed by atoms with Crippen LogP contribution in [0, 0.1) is 6.92 Å². The largest absolute Gasteiger partial charge is 0.416 e. The van der Waals surface area contributed by atoms with E-state index in [0.717, 1.165) is 11.8 Å². The van der Waals surface area contributed by atoms with E-state index in [1.54, 1.807) is 19.1 Å². The minimum atomic E-state index is -4.52. The number of hydrogen-bond acceptors (Lipinski definition) is 3. The van der Waals surface area contributed by atoms with Crippen molar-refractivity contribution in [3.63, 3.8) is 0 Å². The lowest BCUT2D eigenvalue weighted by atomic mass is 9.97. The molecule has 0 unspecified atom stereocenters. The molecule has 1 aliphatic heterocycles. The number of rotatable bonds is 2. The Morgan fingerprint density at radius 3 is 2.60 bits per heavy atom. The molecular formula is C18H17F3N2O2. The van der Waals surface area contributed by atoms with Crippen LogP contribution in [0.5, 0.6) is 0 Å². The van der Waals surface area contributed by atoms with Crippen LogP contribution in [-0.2, 0) is 6.18 Å². The Kier molecular flexibility index (Phi) is 4.51. The fourth-order valence-corrected chi connectivity index (χ4v) is 3.14. The molecule has 1 fully saturated rings. The number of nitrogens with zero attached hydrogens (tertiary/aromatic N) is 2. The van der Waals surface area contributed by atoms with Gasteiger partial charge in [-0.3, -0.25) is 9.78 Å². The maximum absolute atomic E-state index is 13.3. The number of aliphatic hydroxyl groups excluding tert-OH is 1. The summed E-state index contributed by atoms with van der Waals surface area (Å²) in [5.41, 5.74) is 0.236. The van der Waals surface area contributed by atoms with E-state index in [9.17, 15) is 23.1 Å². The molecule has 0 bridgehead atoms. The SMILES string of the molecule is Cc1ccc(C(=O)N2C[C@H](O)C[C@@H]2c2ccccc2C(F)(F)F)cn1. The number of pyridine rings is 1. The number of carbonyl (C=O) groups excluding carboxylic acids is 1. The van der Waals surface area contributed by atoms with E-state index < -0.39 is 29.8 Å². The Labute approximate surface area is 142 Å². The van der Waals surface area contributed by atoms with Gasteiger partial charge in [0.25, 0.3) is 5.91 Å². The fraction of sp³-hybridized carbons (Fsp3) is 0.333. The van der Waals surface area contributed by atoms with Gasteiger partial charge in [-0.2, -0.15) is 13.2 Å². The van der Waals surface area contributed by atoms with E-state index in [-0.39, 0.29) is 24.1 Å². The second kappa shape index (κ2) is 6.48. The third kappa shape index (κ3) is 3.51. The fourth-order valence-electron chi connectivity index (χ4n) is 3.14. The summed E-state index contributed by atoms with van der Waals surface area (Å²) in [6, 6.07) is 7.59. The van der Waals surface area contributed by atoms with Crippen LogP contribution < -0.4 is 0 Å². The van der Waals surface area contributed by atoms with E-state index in [0.29, 0.717) is 0 Å². The average Bonchev–Trinajstić information content (AvgIpc) is 2.96. The molecular weight excluding hydrogens is 333 g/mol.